The number of nitrogens with zero attached hydrogens (tertiary/aromatic N) is 4. The molecule has 0 bridgehead atoms. The number of aromatic amines is 1. The lowest BCUT2D eigenvalue weighted by atomic mass is 10.1. The van der Waals surface area contributed by atoms with E-state index in [9.17, 15) is 4.79 Å². The van der Waals surface area contributed by atoms with E-state index < -0.39 is 0 Å². The summed E-state index contributed by atoms with van der Waals surface area (Å²) in [5.41, 5.74) is 4.09. The van der Waals surface area contributed by atoms with E-state index in [4.69, 9.17) is 5.84 Å². The van der Waals surface area contributed by atoms with Gasteiger partial charge in [-0.3, -0.25) is 19.9 Å². The van der Waals surface area contributed by atoms with Crippen molar-refractivity contribution in [2.75, 3.05) is 0 Å². The first-order chi connectivity index (χ1) is 13.6. The highest BCUT2D eigenvalue weighted by Crippen LogP contribution is 2.25. The van der Waals surface area contributed by atoms with Gasteiger partial charge >= 0.3 is 0 Å². The number of fused-ring (bicyclic) bond motifs is 4. The Balaban J connectivity index is 1.45. The molecule has 1 amide bonds. The van der Waals surface area contributed by atoms with Crippen molar-refractivity contribution in [2.45, 2.75) is 13.5 Å². The number of nitrogens with one attached hydrogen (secondary N) is 1. The monoisotopic (exact) mass is 388 g/mol. The molecule has 5 aromatic rings. The van der Waals surface area contributed by atoms with Crippen LogP contribution in [0.4, 0.5) is 0 Å². The van der Waals surface area contributed by atoms with Crippen molar-refractivity contribution in [3.63, 3.8) is 0 Å². The number of hydrazine groups is 1. The molecule has 2 aromatic carbocycles. The van der Waals surface area contributed by atoms with Gasteiger partial charge in [-0.05, 0) is 42.8 Å². The molecule has 7 nitrogen and oxygen atoms in total. The Hall–Kier alpha value is -3.36. The van der Waals surface area contributed by atoms with Crippen molar-refractivity contribution in [1.82, 2.24) is 25.2 Å². The second kappa shape index (κ2) is 6.36. The molecule has 0 aliphatic heterocycles. The molecule has 138 valence electrons. The van der Waals surface area contributed by atoms with Crippen molar-refractivity contribution in [2.24, 2.45) is 5.84 Å². The molecule has 5 rings (SSSR count). The summed E-state index contributed by atoms with van der Waals surface area (Å²) in [4.78, 5) is 21.7. The molecular formula is C20H16N6OS. The van der Waals surface area contributed by atoms with Crippen molar-refractivity contribution in [1.29, 1.82) is 0 Å². The quantitative estimate of drug-likeness (QED) is 0.280. The number of carbonyl (C=O) groups is 1. The number of H-pyrrole nitrogens is 1. The van der Waals surface area contributed by atoms with Crippen LogP contribution in [-0.2, 0) is 6.54 Å². The molecule has 0 radical (unpaired) electrons. The summed E-state index contributed by atoms with van der Waals surface area (Å²) in [6.07, 6.45) is 3.47. The van der Waals surface area contributed by atoms with Crippen LogP contribution in [0, 0.1) is 6.92 Å². The molecule has 0 fully saturated rings. The highest BCUT2D eigenvalue weighted by molar-refractivity contribution is 7.18. The molecule has 0 saturated heterocycles. The number of aromatic nitrogens is 4. The van der Waals surface area contributed by atoms with Gasteiger partial charge in [-0.15, -0.1) is 11.3 Å². The fourth-order valence-corrected chi connectivity index (χ4v) is 4.24. The Bertz CT molecular complexity index is 1360. The number of carbonyl (C=O) groups excluding carboxylic acids is 1. The first-order valence-electron chi connectivity index (χ1n) is 8.73. The Labute approximate surface area is 163 Å². The highest BCUT2D eigenvalue weighted by Gasteiger charge is 2.15. The lowest BCUT2D eigenvalue weighted by Crippen LogP contribution is -2.36. The number of pyridine rings is 1. The molecule has 28 heavy (non-hydrogen) atoms. The van der Waals surface area contributed by atoms with Crippen LogP contribution in [-0.4, -0.2) is 31.1 Å². The smallest absolute Gasteiger partial charge is 0.268 e. The SMILES string of the molecule is Cc1nc2ccc(CN(N)C(=O)c3ccc4ncc5cn[nH]c5c4c3)cc2s1. The average Bonchev–Trinajstić information content (AvgIpc) is 3.32. The standard InChI is InChI=1S/C20H16N6OS/c1-11-24-17-4-2-12(6-18(17)28-11)10-26(21)20(27)13-3-5-16-15(7-13)19-14(8-22-16)9-23-25-19/h2-9H,10,21H2,1H3,(H,23,25). The number of hydrogen-bond acceptors (Lipinski definition) is 6. The Morgan fingerprint density at radius 2 is 2.04 bits per heavy atom. The summed E-state index contributed by atoms with van der Waals surface area (Å²) in [7, 11) is 0. The molecular weight excluding hydrogens is 372 g/mol. The van der Waals surface area contributed by atoms with Gasteiger partial charge in [-0.2, -0.15) is 5.10 Å². The molecule has 0 spiro atoms. The maximum absolute atomic E-state index is 12.9. The summed E-state index contributed by atoms with van der Waals surface area (Å²) in [5.74, 6) is 5.85. The van der Waals surface area contributed by atoms with Crippen molar-refractivity contribution in [3.8, 4) is 0 Å². The Kier molecular flexibility index (Phi) is 3.81. The largest absolute Gasteiger partial charge is 0.277 e. The van der Waals surface area contributed by atoms with Crippen LogP contribution in [0.2, 0.25) is 0 Å². The lowest BCUT2D eigenvalue weighted by molar-refractivity contribution is 0.0743. The third kappa shape index (κ3) is 2.79. The van der Waals surface area contributed by atoms with Gasteiger partial charge in [0.15, 0.2) is 0 Å². The van der Waals surface area contributed by atoms with Crippen LogP contribution >= 0.6 is 11.3 Å². The summed E-state index contributed by atoms with van der Waals surface area (Å²) < 4.78 is 1.09. The van der Waals surface area contributed by atoms with E-state index in [1.54, 1.807) is 35.9 Å². The zero-order chi connectivity index (χ0) is 19.3. The van der Waals surface area contributed by atoms with Gasteiger partial charge < -0.3 is 0 Å². The van der Waals surface area contributed by atoms with Crippen LogP contribution in [0.5, 0.6) is 0 Å². The summed E-state index contributed by atoms with van der Waals surface area (Å²) >= 11 is 1.63. The number of rotatable bonds is 3. The van der Waals surface area contributed by atoms with E-state index in [2.05, 4.69) is 20.2 Å². The van der Waals surface area contributed by atoms with Crippen LogP contribution in [0.25, 0.3) is 32.0 Å². The Morgan fingerprint density at radius 1 is 1.18 bits per heavy atom. The molecule has 0 aliphatic carbocycles. The molecule has 0 atom stereocenters. The van der Waals surface area contributed by atoms with Crippen LogP contribution in [0.15, 0.2) is 48.8 Å². The summed E-state index contributed by atoms with van der Waals surface area (Å²) in [6, 6.07) is 11.3. The highest BCUT2D eigenvalue weighted by atomic mass is 32.1. The van der Waals surface area contributed by atoms with Crippen LogP contribution in [0.3, 0.4) is 0 Å². The molecule has 8 heteroatoms. The van der Waals surface area contributed by atoms with E-state index in [0.717, 1.165) is 42.6 Å². The van der Waals surface area contributed by atoms with Crippen LogP contribution < -0.4 is 5.84 Å². The molecule has 0 saturated carbocycles. The van der Waals surface area contributed by atoms with Crippen LogP contribution in [0.1, 0.15) is 20.9 Å². The molecule has 0 aliphatic rings. The predicted molar refractivity (Wildman–Crippen MR) is 110 cm³/mol. The third-order valence-electron chi connectivity index (χ3n) is 4.70. The van der Waals surface area contributed by atoms with Gasteiger partial charge in [0.1, 0.15) is 0 Å². The van der Waals surface area contributed by atoms with Crippen molar-refractivity contribution in [3.05, 3.63) is 64.9 Å². The molecule has 3 heterocycles. The zero-order valence-electron chi connectivity index (χ0n) is 15.0. The van der Waals surface area contributed by atoms with Gasteiger partial charge in [0.05, 0.1) is 39.0 Å². The van der Waals surface area contributed by atoms with Gasteiger partial charge in [0.2, 0.25) is 0 Å². The van der Waals surface area contributed by atoms with E-state index in [1.165, 1.54) is 5.01 Å². The van der Waals surface area contributed by atoms with E-state index in [1.807, 2.05) is 31.2 Å². The number of benzene rings is 2. The third-order valence-corrected chi connectivity index (χ3v) is 5.63. The van der Waals surface area contributed by atoms with Crippen molar-refractivity contribution >= 4 is 49.3 Å². The number of nitrogens with two attached hydrogens (primary N) is 1. The summed E-state index contributed by atoms with van der Waals surface area (Å²) in [5, 5.41) is 11.0. The first-order valence-corrected chi connectivity index (χ1v) is 9.54. The predicted octanol–water partition coefficient (Wildman–Crippen LogP) is 3.55. The van der Waals surface area contributed by atoms with E-state index in [-0.39, 0.29) is 5.91 Å². The number of amides is 1. The topological polar surface area (TPSA) is 101 Å². The van der Waals surface area contributed by atoms with E-state index >= 15 is 0 Å². The second-order valence-electron chi connectivity index (χ2n) is 6.66. The number of thiazole rings is 1. The lowest BCUT2D eigenvalue weighted by Gasteiger charge is -2.17. The number of aryl methyl sites for hydroxylation is 1. The fourth-order valence-electron chi connectivity index (χ4n) is 3.35. The van der Waals surface area contributed by atoms with Crippen molar-refractivity contribution < 1.29 is 4.79 Å². The first kappa shape index (κ1) is 16.8. The van der Waals surface area contributed by atoms with E-state index in [0.29, 0.717) is 12.1 Å². The van der Waals surface area contributed by atoms with Gasteiger partial charge in [-0.25, -0.2) is 10.8 Å². The number of hydrogen-bond donors (Lipinski definition) is 2. The zero-order valence-corrected chi connectivity index (χ0v) is 15.8. The second-order valence-corrected chi connectivity index (χ2v) is 7.89. The molecule has 3 aromatic heterocycles. The van der Waals surface area contributed by atoms with Gasteiger partial charge in [0.25, 0.3) is 5.91 Å². The minimum Gasteiger partial charge on any atom is -0.277 e. The maximum Gasteiger partial charge on any atom is 0.268 e. The van der Waals surface area contributed by atoms with Gasteiger partial charge in [-0.1, -0.05) is 6.07 Å². The fraction of sp³-hybridized carbons (Fsp3) is 0.100. The maximum atomic E-state index is 12.9. The summed E-state index contributed by atoms with van der Waals surface area (Å²) in [6.45, 7) is 2.30. The minimum atomic E-state index is -0.251. The molecule has 3 N–H and O–H groups in total. The van der Waals surface area contributed by atoms with Gasteiger partial charge in [0, 0.05) is 22.5 Å². The Morgan fingerprint density at radius 3 is 2.93 bits per heavy atom. The average molecular weight is 388 g/mol. The minimum absolute atomic E-state index is 0.251. The normalized spacial score (nSPS) is 11.5. The molecule has 0 unspecified atom stereocenters.